The smallest absolute Gasteiger partial charge is 0.237 e. The zero-order valence-electron chi connectivity index (χ0n) is 16.4. The van der Waals surface area contributed by atoms with Crippen LogP contribution < -0.4 is 9.04 Å². The molecule has 9 heteroatoms. The van der Waals surface area contributed by atoms with Crippen LogP contribution in [0.1, 0.15) is 30.6 Å². The van der Waals surface area contributed by atoms with Gasteiger partial charge in [-0.15, -0.1) is 11.3 Å². The zero-order chi connectivity index (χ0) is 20.4. The molecule has 0 aromatic carbocycles. The summed E-state index contributed by atoms with van der Waals surface area (Å²) in [6.45, 7) is 1.35. The topological polar surface area (TPSA) is 79.8 Å². The molecule has 1 aliphatic carbocycles. The van der Waals surface area contributed by atoms with E-state index in [4.69, 9.17) is 4.74 Å². The minimum atomic E-state index is -3.28. The molecule has 2 aromatic rings. The Labute approximate surface area is 175 Å². The van der Waals surface area contributed by atoms with Crippen LogP contribution in [0.5, 0.6) is 5.88 Å². The van der Waals surface area contributed by atoms with E-state index in [0.29, 0.717) is 31.1 Å². The molecule has 0 atom stereocenters. The van der Waals surface area contributed by atoms with Crippen LogP contribution in [0.25, 0.3) is 0 Å². The molecule has 2 aliphatic rings. The lowest BCUT2D eigenvalue weighted by Crippen LogP contribution is -2.42. The Bertz CT molecular complexity index is 933. The summed E-state index contributed by atoms with van der Waals surface area (Å²) in [6.07, 6.45) is 4.99. The molecule has 1 saturated carbocycles. The second kappa shape index (κ2) is 8.31. The van der Waals surface area contributed by atoms with E-state index in [9.17, 15) is 13.2 Å². The van der Waals surface area contributed by atoms with E-state index in [2.05, 4.69) is 4.98 Å². The number of piperidine rings is 1. The number of hydrogen-bond acceptors (Lipinski definition) is 6. The third-order valence-electron chi connectivity index (χ3n) is 5.40. The Balaban J connectivity index is 1.27. The fourth-order valence-electron chi connectivity index (χ4n) is 3.43. The van der Waals surface area contributed by atoms with Crippen molar-refractivity contribution in [3.63, 3.8) is 0 Å². The average molecular weight is 436 g/mol. The van der Waals surface area contributed by atoms with E-state index in [1.54, 1.807) is 30.5 Å². The Morgan fingerprint density at radius 1 is 1.24 bits per heavy atom. The molecule has 3 heterocycles. The fourth-order valence-corrected chi connectivity index (χ4v) is 5.71. The molecular formula is C20H25N3O4S2. The second-order valence-electron chi connectivity index (χ2n) is 7.52. The highest BCUT2D eigenvalue weighted by Crippen LogP contribution is 2.32. The van der Waals surface area contributed by atoms with E-state index in [-0.39, 0.29) is 17.3 Å². The van der Waals surface area contributed by atoms with Crippen LogP contribution in [0.2, 0.25) is 0 Å². The first kappa shape index (κ1) is 20.2. The molecule has 1 saturated heterocycles. The number of rotatable bonds is 7. The summed E-state index contributed by atoms with van der Waals surface area (Å²) in [6, 6.07) is 7.39. The van der Waals surface area contributed by atoms with Crippen molar-refractivity contribution >= 4 is 33.0 Å². The number of carbonyl (C=O) groups is 1. The summed E-state index contributed by atoms with van der Waals surface area (Å²) in [5.74, 6) is 0.641. The lowest BCUT2D eigenvalue weighted by molar-refractivity contribution is -0.132. The van der Waals surface area contributed by atoms with Crippen molar-refractivity contribution in [1.82, 2.24) is 9.88 Å². The van der Waals surface area contributed by atoms with Gasteiger partial charge in [0.2, 0.25) is 21.8 Å². The molecule has 0 spiro atoms. The molecule has 29 heavy (non-hydrogen) atoms. The molecule has 2 fully saturated rings. The van der Waals surface area contributed by atoms with Crippen molar-refractivity contribution in [1.29, 1.82) is 0 Å². The number of anilines is 1. The minimum Gasteiger partial charge on any atom is -0.474 e. The Morgan fingerprint density at radius 2 is 2.00 bits per heavy atom. The summed E-state index contributed by atoms with van der Waals surface area (Å²) < 4.78 is 31.9. The van der Waals surface area contributed by atoms with Crippen LogP contribution in [0.15, 0.2) is 35.8 Å². The number of pyridine rings is 1. The van der Waals surface area contributed by atoms with E-state index in [1.165, 1.54) is 10.5 Å². The maximum absolute atomic E-state index is 12.4. The highest BCUT2D eigenvalue weighted by molar-refractivity contribution is 7.93. The predicted octanol–water partition coefficient (Wildman–Crippen LogP) is 2.68. The number of carbonyl (C=O) groups excluding carboxylic acids is 1. The van der Waals surface area contributed by atoms with Gasteiger partial charge in [0.05, 0.1) is 23.6 Å². The van der Waals surface area contributed by atoms with Crippen molar-refractivity contribution in [2.75, 3.05) is 24.4 Å². The Hall–Kier alpha value is -2.13. The Morgan fingerprint density at radius 3 is 2.59 bits per heavy atom. The van der Waals surface area contributed by atoms with Crippen LogP contribution in [-0.4, -0.2) is 55.7 Å². The van der Waals surface area contributed by atoms with Crippen molar-refractivity contribution in [2.24, 2.45) is 0 Å². The van der Waals surface area contributed by atoms with Gasteiger partial charge < -0.3 is 9.64 Å². The molecule has 4 rings (SSSR count). The zero-order valence-corrected chi connectivity index (χ0v) is 18.0. The molecule has 1 amide bonds. The maximum atomic E-state index is 12.4. The van der Waals surface area contributed by atoms with Gasteiger partial charge in [0.15, 0.2) is 0 Å². The van der Waals surface area contributed by atoms with Gasteiger partial charge in [0.1, 0.15) is 6.10 Å². The van der Waals surface area contributed by atoms with Gasteiger partial charge in [-0.1, -0.05) is 6.07 Å². The molecule has 1 aliphatic heterocycles. The number of amides is 1. The van der Waals surface area contributed by atoms with Crippen LogP contribution >= 0.6 is 11.3 Å². The lowest BCUT2D eigenvalue weighted by Gasteiger charge is -2.32. The first-order valence-corrected chi connectivity index (χ1v) is 12.2. The number of nitrogens with zero attached hydrogens (tertiary/aromatic N) is 3. The number of ether oxygens (including phenoxy) is 1. The maximum Gasteiger partial charge on any atom is 0.237 e. The number of thiophene rings is 1. The van der Waals surface area contributed by atoms with Gasteiger partial charge in [-0.05, 0) is 30.4 Å². The molecule has 0 unspecified atom stereocenters. The summed E-state index contributed by atoms with van der Waals surface area (Å²) in [7, 11) is -1.71. The van der Waals surface area contributed by atoms with Crippen molar-refractivity contribution in [3.8, 4) is 5.88 Å². The molecule has 0 radical (unpaired) electrons. The largest absolute Gasteiger partial charge is 0.474 e. The van der Waals surface area contributed by atoms with E-state index < -0.39 is 10.0 Å². The standard InChI is InChI=1S/C20H25N3O4S2/c1-22(29(25,26)18-5-6-18)15-4-7-19(21-14-15)27-16-8-10-23(11-9-16)20(24)13-17-3-2-12-28-17/h2-4,7,12,14,16,18H,5-6,8-11,13H2,1H3. The number of aromatic nitrogens is 1. The minimum absolute atomic E-state index is 0.00654. The molecule has 0 N–H and O–H groups in total. The highest BCUT2D eigenvalue weighted by atomic mass is 32.2. The van der Waals surface area contributed by atoms with Crippen LogP contribution in [0.3, 0.4) is 0 Å². The van der Waals surface area contributed by atoms with Gasteiger partial charge >= 0.3 is 0 Å². The number of sulfonamides is 1. The van der Waals surface area contributed by atoms with Crippen molar-refractivity contribution < 1.29 is 17.9 Å². The molecule has 156 valence electrons. The predicted molar refractivity (Wildman–Crippen MR) is 113 cm³/mol. The monoisotopic (exact) mass is 435 g/mol. The van der Waals surface area contributed by atoms with Crippen LogP contribution in [0.4, 0.5) is 5.69 Å². The van der Waals surface area contributed by atoms with Gasteiger partial charge in [-0.2, -0.15) is 0 Å². The quantitative estimate of drug-likeness (QED) is 0.668. The third-order valence-corrected chi connectivity index (χ3v) is 8.56. The van der Waals surface area contributed by atoms with E-state index >= 15 is 0 Å². The van der Waals surface area contributed by atoms with E-state index in [1.807, 2.05) is 22.4 Å². The molecule has 2 aromatic heterocycles. The highest BCUT2D eigenvalue weighted by Gasteiger charge is 2.39. The third kappa shape index (κ3) is 4.72. The van der Waals surface area contributed by atoms with Gasteiger partial charge in [-0.3, -0.25) is 9.10 Å². The van der Waals surface area contributed by atoms with Crippen molar-refractivity contribution in [2.45, 2.75) is 43.5 Å². The molecule has 7 nitrogen and oxygen atoms in total. The SMILES string of the molecule is CN(c1ccc(OC2CCN(C(=O)Cc3cccs3)CC2)nc1)S(=O)(=O)C1CC1. The number of likely N-dealkylation sites (tertiary alicyclic amines) is 1. The fraction of sp³-hybridized carbons (Fsp3) is 0.500. The number of hydrogen-bond donors (Lipinski definition) is 0. The van der Waals surface area contributed by atoms with Crippen molar-refractivity contribution in [3.05, 3.63) is 40.7 Å². The molecule has 0 bridgehead atoms. The first-order chi connectivity index (χ1) is 13.9. The Kier molecular flexibility index (Phi) is 5.78. The lowest BCUT2D eigenvalue weighted by atomic mass is 10.1. The first-order valence-electron chi connectivity index (χ1n) is 9.84. The van der Waals surface area contributed by atoms with Crippen LogP contribution in [0, 0.1) is 0 Å². The van der Waals surface area contributed by atoms with Gasteiger partial charge in [0.25, 0.3) is 0 Å². The summed E-state index contributed by atoms with van der Waals surface area (Å²) in [4.78, 5) is 19.7. The van der Waals surface area contributed by atoms with Crippen LogP contribution in [-0.2, 0) is 21.2 Å². The summed E-state index contributed by atoms with van der Waals surface area (Å²) in [5.41, 5.74) is 0.540. The molecular weight excluding hydrogens is 410 g/mol. The van der Waals surface area contributed by atoms with Gasteiger partial charge in [-0.25, -0.2) is 13.4 Å². The van der Waals surface area contributed by atoms with E-state index in [0.717, 1.165) is 30.6 Å². The summed E-state index contributed by atoms with van der Waals surface area (Å²) in [5, 5.41) is 1.73. The van der Waals surface area contributed by atoms with Gasteiger partial charge in [0, 0.05) is 43.9 Å². The summed E-state index contributed by atoms with van der Waals surface area (Å²) >= 11 is 1.61. The normalized spacial score (nSPS) is 17.9. The average Bonchev–Trinajstić information content (AvgIpc) is 3.47. The second-order valence-corrected chi connectivity index (χ2v) is 10.8.